The smallest absolute Gasteiger partial charge is 0.343 e. The molecular weight excluding hydrogens is 725 g/mol. The molecule has 59 heavy (non-hydrogen) atoms. The molecule has 0 N–H and O–H groups in total. The molecule has 1 saturated carbocycles. The summed E-state index contributed by atoms with van der Waals surface area (Å²) in [6.45, 7) is 6.71. The third kappa shape index (κ3) is 8.88. The third-order valence-electron chi connectivity index (χ3n) is 12.7. The lowest BCUT2D eigenvalue weighted by atomic mass is 9.77. The number of esters is 2. The second-order valence-electron chi connectivity index (χ2n) is 16.4. The number of carbonyl (C=O) groups is 2. The lowest BCUT2D eigenvalue weighted by molar-refractivity contribution is 0.0723. The molecule has 8 rings (SSSR count). The molecule has 0 saturated heterocycles. The molecule has 0 spiro atoms. The SMILES string of the molecule is CCCCCC1CCC(c2ccc(C(=O)Oc3ccc4ccccc4c3-c3c(OC(=O)c4ccc(-c5ccc(C(C)CC)cc5)cc4)ccc4ccccc34)cc2)CC1. The molecular formula is C55H54O4. The van der Waals surface area contributed by atoms with Crippen molar-refractivity contribution in [3.8, 4) is 33.8 Å². The van der Waals surface area contributed by atoms with Gasteiger partial charge in [-0.15, -0.1) is 0 Å². The van der Waals surface area contributed by atoms with Gasteiger partial charge in [0.1, 0.15) is 11.5 Å². The molecule has 0 bridgehead atoms. The van der Waals surface area contributed by atoms with Crippen LogP contribution >= 0.6 is 0 Å². The van der Waals surface area contributed by atoms with E-state index in [-0.39, 0.29) is 0 Å². The Hall–Kier alpha value is -6.00. The normalized spacial score (nSPS) is 15.8. The van der Waals surface area contributed by atoms with Crippen LogP contribution in [-0.4, -0.2) is 11.9 Å². The second-order valence-corrected chi connectivity index (χ2v) is 16.4. The van der Waals surface area contributed by atoms with Gasteiger partial charge in [-0.1, -0.05) is 156 Å². The van der Waals surface area contributed by atoms with Gasteiger partial charge in [0.15, 0.2) is 0 Å². The molecule has 4 heteroatoms. The molecule has 0 aliphatic heterocycles. The fourth-order valence-electron chi connectivity index (χ4n) is 8.90. The molecule has 1 atom stereocenters. The van der Waals surface area contributed by atoms with E-state index in [0.29, 0.717) is 45.6 Å². The van der Waals surface area contributed by atoms with Gasteiger partial charge in [0, 0.05) is 11.1 Å². The first-order valence-corrected chi connectivity index (χ1v) is 21.7. The number of unbranched alkanes of at least 4 members (excludes halogenated alkanes) is 2. The summed E-state index contributed by atoms with van der Waals surface area (Å²) in [6.07, 6.45) is 11.4. The quantitative estimate of drug-likeness (QED) is 0.0664. The summed E-state index contributed by atoms with van der Waals surface area (Å²) in [5.41, 5.74) is 7.07. The van der Waals surface area contributed by atoms with Gasteiger partial charge in [-0.2, -0.15) is 0 Å². The van der Waals surface area contributed by atoms with Gasteiger partial charge in [0.25, 0.3) is 0 Å². The lowest BCUT2D eigenvalue weighted by Gasteiger charge is -2.29. The van der Waals surface area contributed by atoms with Gasteiger partial charge >= 0.3 is 11.9 Å². The molecule has 0 heterocycles. The number of ether oxygens (including phenoxy) is 2. The van der Waals surface area contributed by atoms with Crippen LogP contribution in [0.5, 0.6) is 11.5 Å². The Kier molecular flexibility index (Phi) is 12.3. The van der Waals surface area contributed by atoms with Crippen molar-refractivity contribution in [1.82, 2.24) is 0 Å². The highest BCUT2D eigenvalue weighted by atomic mass is 16.5. The van der Waals surface area contributed by atoms with Crippen molar-refractivity contribution in [2.75, 3.05) is 0 Å². The molecule has 0 amide bonds. The zero-order chi connectivity index (χ0) is 40.7. The number of rotatable bonds is 13. The average molecular weight is 779 g/mol. The maximum atomic E-state index is 14.0. The Balaban J connectivity index is 1.08. The maximum Gasteiger partial charge on any atom is 0.343 e. The lowest BCUT2D eigenvalue weighted by Crippen LogP contribution is -2.14. The van der Waals surface area contributed by atoms with Crippen LogP contribution < -0.4 is 9.47 Å². The van der Waals surface area contributed by atoms with Crippen LogP contribution in [0.15, 0.2) is 146 Å². The van der Waals surface area contributed by atoms with Crippen molar-refractivity contribution in [2.24, 2.45) is 5.92 Å². The van der Waals surface area contributed by atoms with E-state index >= 15 is 0 Å². The molecule has 7 aromatic rings. The van der Waals surface area contributed by atoms with Crippen LogP contribution in [0.3, 0.4) is 0 Å². The molecule has 0 aromatic heterocycles. The van der Waals surface area contributed by atoms with Crippen molar-refractivity contribution in [2.45, 2.75) is 90.4 Å². The standard InChI is InChI=1S/C55H54O4/c1-4-6-7-12-38-17-19-40(20-18-38)42-25-29-46(30-26-42)54(56)58-50-35-33-44-13-8-10-15-48(44)52(50)53-49-16-11-9-14-45(49)34-36-51(53)59-55(57)47-31-27-43(28-32-47)41-23-21-39(22-24-41)37(3)5-2/h8-11,13-16,21-38,40H,4-7,12,17-20H2,1-3H3. The number of fused-ring (bicyclic) bond motifs is 2. The van der Waals surface area contributed by atoms with Crippen LogP contribution in [-0.2, 0) is 0 Å². The summed E-state index contributed by atoms with van der Waals surface area (Å²) in [6, 6.07) is 47.9. The first-order chi connectivity index (χ1) is 28.9. The van der Waals surface area contributed by atoms with Gasteiger partial charge in [-0.3, -0.25) is 0 Å². The first kappa shape index (κ1) is 39.8. The molecule has 4 nitrogen and oxygen atoms in total. The van der Waals surface area contributed by atoms with E-state index in [0.717, 1.165) is 45.0 Å². The molecule has 1 unspecified atom stereocenters. The second kappa shape index (κ2) is 18.3. The summed E-state index contributed by atoms with van der Waals surface area (Å²) < 4.78 is 12.6. The van der Waals surface area contributed by atoms with Gasteiger partial charge in [-0.05, 0) is 130 Å². The summed E-state index contributed by atoms with van der Waals surface area (Å²) in [7, 11) is 0. The summed E-state index contributed by atoms with van der Waals surface area (Å²) in [5, 5.41) is 3.72. The minimum absolute atomic E-state index is 0.386. The van der Waals surface area contributed by atoms with E-state index in [2.05, 4.69) is 57.2 Å². The third-order valence-corrected chi connectivity index (χ3v) is 12.7. The number of hydrogen-bond acceptors (Lipinski definition) is 4. The molecule has 0 radical (unpaired) electrons. The van der Waals surface area contributed by atoms with Crippen LogP contribution in [0.25, 0.3) is 43.8 Å². The summed E-state index contributed by atoms with van der Waals surface area (Å²) >= 11 is 0. The van der Waals surface area contributed by atoms with Crippen LogP contribution in [0.2, 0.25) is 0 Å². The monoisotopic (exact) mass is 778 g/mol. The van der Waals surface area contributed by atoms with Gasteiger partial charge in [0.05, 0.1) is 11.1 Å². The molecule has 298 valence electrons. The van der Waals surface area contributed by atoms with Crippen molar-refractivity contribution in [1.29, 1.82) is 0 Å². The van der Waals surface area contributed by atoms with Gasteiger partial charge in [-0.25, -0.2) is 9.59 Å². The Bertz CT molecular complexity index is 2540. The van der Waals surface area contributed by atoms with E-state index in [1.165, 1.54) is 62.5 Å². The molecule has 1 fully saturated rings. The Labute approximate surface area is 349 Å². The van der Waals surface area contributed by atoms with Crippen LogP contribution in [0, 0.1) is 5.92 Å². The van der Waals surface area contributed by atoms with Gasteiger partial charge < -0.3 is 9.47 Å². The fourth-order valence-corrected chi connectivity index (χ4v) is 8.90. The Morgan fingerprint density at radius 3 is 1.56 bits per heavy atom. The van der Waals surface area contributed by atoms with Crippen LogP contribution in [0.1, 0.15) is 122 Å². The zero-order valence-electron chi connectivity index (χ0n) is 34.6. The average Bonchev–Trinajstić information content (AvgIpc) is 3.29. The zero-order valence-corrected chi connectivity index (χ0v) is 34.6. The van der Waals surface area contributed by atoms with E-state index in [9.17, 15) is 9.59 Å². The highest BCUT2D eigenvalue weighted by molar-refractivity contribution is 6.11. The van der Waals surface area contributed by atoms with Crippen molar-refractivity contribution >= 4 is 33.5 Å². The molecule has 7 aromatic carbocycles. The van der Waals surface area contributed by atoms with Crippen LogP contribution in [0.4, 0.5) is 0 Å². The largest absolute Gasteiger partial charge is 0.422 e. The Morgan fingerprint density at radius 1 is 0.559 bits per heavy atom. The predicted octanol–water partition coefficient (Wildman–Crippen LogP) is 15.1. The fraction of sp³-hybridized carbons (Fsp3) is 0.273. The van der Waals surface area contributed by atoms with Gasteiger partial charge in [0.2, 0.25) is 0 Å². The van der Waals surface area contributed by atoms with E-state index in [1.54, 1.807) is 0 Å². The summed E-state index contributed by atoms with van der Waals surface area (Å²) in [5.74, 6) is 1.78. The topological polar surface area (TPSA) is 52.6 Å². The van der Waals surface area contributed by atoms with Crippen molar-refractivity contribution in [3.63, 3.8) is 0 Å². The van der Waals surface area contributed by atoms with E-state index < -0.39 is 11.9 Å². The number of benzene rings is 7. The van der Waals surface area contributed by atoms with E-state index in [1.807, 2.05) is 109 Å². The number of hydrogen-bond donors (Lipinski definition) is 0. The minimum atomic E-state index is -0.468. The highest BCUT2D eigenvalue weighted by Gasteiger charge is 2.25. The molecule has 1 aliphatic carbocycles. The van der Waals surface area contributed by atoms with E-state index in [4.69, 9.17) is 9.47 Å². The first-order valence-electron chi connectivity index (χ1n) is 21.7. The van der Waals surface area contributed by atoms with Crippen molar-refractivity contribution < 1.29 is 19.1 Å². The summed E-state index contributed by atoms with van der Waals surface area (Å²) in [4.78, 5) is 27.9. The molecule has 1 aliphatic rings. The number of carbonyl (C=O) groups excluding carboxylic acids is 2. The minimum Gasteiger partial charge on any atom is -0.422 e. The Morgan fingerprint density at radius 2 is 1.05 bits per heavy atom. The van der Waals surface area contributed by atoms with Crippen molar-refractivity contribution in [3.05, 3.63) is 168 Å². The predicted molar refractivity (Wildman–Crippen MR) is 243 cm³/mol. The maximum absolute atomic E-state index is 14.0. The highest BCUT2D eigenvalue weighted by Crippen LogP contribution is 2.46.